The fourth-order valence-electron chi connectivity index (χ4n) is 1.41. The lowest BCUT2D eigenvalue weighted by atomic mass is 10.2. The second-order valence-electron chi connectivity index (χ2n) is 3.63. The summed E-state index contributed by atoms with van der Waals surface area (Å²) in [5.41, 5.74) is -0.104. The maximum Gasteiger partial charge on any atom is 0.354 e. The summed E-state index contributed by atoms with van der Waals surface area (Å²) in [6.45, 7) is 0. The molecule has 7 heteroatoms. The van der Waals surface area contributed by atoms with Gasteiger partial charge in [0.25, 0.3) is 5.91 Å². The zero-order valence-electron chi connectivity index (χ0n) is 9.58. The van der Waals surface area contributed by atoms with Crippen LogP contribution in [0.4, 0.5) is 5.69 Å². The number of aromatic nitrogens is 2. The second-order valence-corrected chi connectivity index (χ2v) is 3.63. The number of rotatable bonds is 3. The van der Waals surface area contributed by atoms with E-state index < -0.39 is 17.4 Å². The number of aromatic carboxylic acids is 1. The number of carboxylic acids is 1. The lowest BCUT2D eigenvalue weighted by Crippen LogP contribution is -2.16. The van der Waals surface area contributed by atoms with Gasteiger partial charge < -0.3 is 15.4 Å². The number of carbonyl (C=O) groups is 2. The number of hydrogen-bond acceptors (Lipinski definition) is 4. The number of carbonyl (C=O) groups excluding carboxylic acids is 1. The molecule has 0 fully saturated rings. The number of carboxylic acid groups (broad SMARTS) is 1. The van der Waals surface area contributed by atoms with Gasteiger partial charge in [0.1, 0.15) is 5.69 Å². The monoisotopic (exact) mass is 259 g/mol. The van der Waals surface area contributed by atoms with Crippen molar-refractivity contribution in [3.05, 3.63) is 58.3 Å². The van der Waals surface area contributed by atoms with Gasteiger partial charge in [-0.1, -0.05) is 0 Å². The Hall–Kier alpha value is -2.96. The van der Waals surface area contributed by atoms with Gasteiger partial charge in [-0.25, -0.2) is 9.78 Å². The Morgan fingerprint density at radius 1 is 1.26 bits per heavy atom. The van der Waals surface area contributed by atoms with Gasteiger partial charge in [0.2, 0.25) is 5.56 Å². The maximum absolute atomic E-state index is 11.8. The average Bonchev–Trinajstić information content (AvgIpc) is 2.39. The predicted molar refractivity (Wildman–Crippen MR) is 66.2 cm³/mol. The molecule has 0 saturated carbocycles. The molecule has 2 rings (SSSR count). The van der Waals surface area contributed by atoms with Crippen molar-refractivity contribution in [3.8, 4) is 0 Å². The van der Waals surface area contributed by atoms with E-state index in [4.69, 9.17) is 5.11 Å². The van der Waals surface area contributed by atoms with Crippen molar-refractivity contribution in [1.29, 1.82) is 0 Å². The molecule has 3 N–H and O–H groups in total. The van der Waals surface area contributed by atoms with Gasteiger partial charge in [0, 0.05) is 29.7 Å². The summed E-state index contributed by atoms with van der Waals surface area (Å²) in [5, 5.41) is 11.3. The SMILES string of the molecule is O=C(Nc1ccnc(C(=O)O)c1)c1cc[nH]c(=O)c1. The first kappa shape index (κ1) is 12.5. The molecule has 0 aromatic carbocycles. The third-order valence-corrected chi connectivity index (χ3v) is 2.27. The van der Waals surface area contributed by atoms with Gasteiger partial charge in [-0.2, -0.15) is 0 Å². The van der Waals surface area contributed by atoms with Crippen molar-refractivity contribution in [2.24, 2.45) is 0 Å². The van der Waals surface area contributed by atoms with Crippen molar-refractivity contribution in [1.82, 2.24) is 9.97 Å². The lowest BCUT2D eigenvalue weighted by molar-refractivity contribution is 0.0690. The summed E-state index contributed by atoms with van der Waals surface area (Å²) in [6.07, 6.45) is 2.63. The molecule has 0 saturated heterocycles. The van der Waals surface area contributed by atoms with E-state index in [1.807, 2.05) is 0 Å². The van der Waals surface area contributed by atoms with E-state index in [1.54, 1.807) is 0 Å². The van der Waals surface area contributed by atoms with Crippen molar-refractivity contribution in [3.63, 3.8) is 0 Å². The van der Waals surface area contributed by atoms with Crippen LogP contribution in [0.3, 0.4) is 0 Å². The van der Waals surface area contributed by atoms with E-state index in [9.17, 15) is 14.4 Å². The molecule has 96 valence electrons. The predicted octanol–water partition coefficient (Wildman–Crippen LogP) is 0.720. The summed E-state index contributed by atoms with van der Waals surface area (Å²) < 4.78 is 0. The van der Waals surface area contributed by atoms with Crippen LogP contribution in [0.25, 0.3) is 0 Å². The maximum atomic E-state index is 11.8. The van der Waals surface area contributed by atoms with Gasteiger partial charge in [0.05, 0.1) is 0 Å². The molecule has 0 aliphatic heterocycles. The summed E-state index contributed by atoms with van der Waals surface area (Å²) >= 11 is 0. The molecule has 0 atom stereocenters. The first-order valence-electron chi connectivity index (χ1n) is 5.26. The van der Waals surface area contributed by atoms with Gasteiger partial charge in [-0.3, -0.25) is 9.59 Å². The first-order chi connectivity index (χ1) is 9.06. The Balaban J connectivity index is 2.22. The molecule has 0 aliphatic rings. The molecular formula is C12H9N3O4. The topological polar surface area (TPSA) is 112 Å². The van der Waals surface area contributed by atoms with Crippen LogP contribution in [0.5, 0.6) is 0 Å². The van der Waals surface area contributed by atoms with Gasteiger partial charge in [-0.15, -0.1) is 0 Å². The lowest BCUT2D eigenvalue weighted by Gasteiger charge is -2.05. The minimum Gasteiger partial charge on any atom is -0.477 e. The minimum atomic E-state index is -1.19. The summed E-state index contributed by atoms with van der Waals surface area (Å²) in [4.78, 5) is 39.6. The number of hydrogen-bond donors (Lipinski definition) is 3. The van der Waals surface area contributed by atoms with Crippen LogP contribution in [0.2, 0.25) is 0 Å². The van der Waals surface area contributed by atoms with Crippen LogP contribution in [-0.2, 0) is 0 Å². The quantitative estimate of drug-likeness (QED) is 0.751. The van der Waals surface area contributed by atoms with Crippen LogP contribution in [0.15, 0.2) is 41.5 Å². The molecule has 0 unspecified atom stereocenters. The summed E-state index contributed by atoms with van der Waals surface area (Å²) in [5.74, 6) is -1.69. The standard InChI is InChI=1S/C12H9N3O4/c16-10-5-7(1-3-14-10)11(17)15-8-2-4-13-9(6-8)12(18)19/h1-6H,(H,14,16)(H,18,19)(H,13,15,17). The van der Waals surface area contributed by atoms with Crippen LogP contribution in [0, 0.1) is 0 Å². The normalized spacial score (nSPS) is 9.89. The molecule has 0 radical (unpaired) electrons. The number of anilines is 1. The van der Waals surface area contributed by atoms with Crippen LogP contribution in [0.1, 0.15) is 20.8 Å². The molecule has 0 spiro atoms. The fourth-order valence-corrected chi connectivity index (χ4v) is 1.41. The van der Waals surface area contributed by atoms with Crippen LogP contribution < -0.4 is 10.9 Å². The third-order valence-electron chi connectivity index (χ3n) is 2.27. The highest BCUT2D eigenvalue weighted by molar-refractivity contribution is 6.04. The largest absolute Gasteiger partial charge is 0.477 e. The fraction of sp³-hybridized carbons (Fsp3) is 0. The van der Waals surface area contributed by atoms with E-state index in [2.05, 4.69) is 15.3 Å². The molecule has 1 amide bonds. The molecule has 0 aliphatic carbocycles. The Morgan fingerprint density at radius 3 is 2.74 bits per heavy atom. The summed E-state index contributed by atoms with van der Waals surface area (Å²) in [6, 6.07) is 5.27. The smallest absolute Gasteiger partial charge is 0.354 e. The van der Waals surface area contributed by atoms with E-state index in [1.165, 1.54) is 30.6 Å². The zero-order valence-corrected chi connectivity index (χ0v) is 9.58. The van der Waals surface area contributed by atoms with E-state index in [0.717, 1.165) is 6.07 Å². The highest BCUT2D eigenvalue weighted by Gasteiger charge is 2.09. The van der Waals surface area contributed by atoms with Gasteiger partial charge >= 0.3 is 5.97 Å². The summed E-state index contributed by atoms with van der Waals surface area (Å²) in [7, 11) is 0. The number of nitrogens with zero attached hydrogens (tertiary/aromatic N) is 1. The zero-order chi connectivity index (χ0) is 13.8. The molecule has 2 heterocycles. The van der Waals surface area contributed by atoms with Crippen LogP contribution >= 0.6 is 0 Å². The second kappa shape index (κ2) is 5.13. The average molecular weight is 259 g/mol. The molecule has 2 aromatic rings. The first-order valence-corrected chi connectivity index (χ1v) is 5.26. The highest BCUT2D eigenvalue weighted by atomic mass is 16.4. The van der Waals surface area contributed by atoms with E-state index in [0.29, 0.717) is 0 Å². The molecule has 19 heavy (non-hydrogen) atoms. The number of H-pyrrole nitrogens is 1. The van der Waals surface area contributed by atoms with Crippen molar-refractivity contribution in [2.45, 2.75) is 0 Å². The number of amides is 1. The van der Waals surface area contributed by atoms with Crippen molar-refractivity contribution in [2.75, 3.05) is 5.32 Å². The van der Waals surface area contributed by atoms with Gasteiger partial charge in [-0.05, 0) is 18.2 Å². The third kappa shape index (κ3) is 3.03. The Kier molecular flexibility index (Phi) is 3.37. The number of pyridine rings is 2. The number of aromatic amines is 1. The molecular weight excluding hydrogens is 250 g/mol. The molecule has 2 aromatic heterocycles. The van der Waals surface area contributed by atoms with E-state index in [-0.39, 0.29) is 16.9 Å². The highest BCUT2D eigenvalue weighted by Crippen LogP contribution is 2.09. The minimum absolute atomic E-state index is 0.177. The Morgan fingerprint density at radius 2 is 2.05 bits per heavy atom. The van der Waals surface area contributed by atoms with Crippen molar-refractivity contribution < 1.29 is 14.7 Å². The van der Waals surface area contributed by atoms with E-state index >= 15 is 0 Å². The Bertz CT molecular complexity index is 693. The number of nitrogens with one attached hydrogen (secondary N) is 2. The van der Waals surface area contributed by atoms with Gasteiger partial charge in [0.15, 0.2) is 0 Å². The molecule has 0 bridgehead atoms. The molecule has 7 nitrogen and oxygen atoms in total. The Labute approximate surface area is 106 Å². The van der Waals surface area contributed by atoms with Crippen LogP contribution in [-0.4, -0.2) is 27.0 Å². The van der Waals surface area contributed by atoms with Crippen molar-refractivity contribution >= 4 is 17.6 Å².